The van der Waals surface area contributed by atoms with Gasteiger partial charge in [-0.15, -0.1) is 0 Å². The molecule has 1 N–H and O–H groups in total. The quantitative estimate of drug-likeness (QED) is 0.525. The van der Waals surface area contributed by atoms with Crippen LogP contribution in [0.1, 0.15) is 70.4 Å². The van der Waals surface area contributed by atoms with Gasteiger partial charge < -0.3 is 10.1 Å². The van der Waals surface area contributed by atoms with Crippen LogP contribution in [-0.4, -0.2) is 13.7 Å². The zero-order valence-electron chi connectivity index (χ0n) is 13.8. The third kappa shape index (κ3) is 6.71. The molecular weight excluding hydrogens is 282 g/mol. The van der Waals surface area contributed by atoms with Gasteiger partial charge in [-0.3, -0.25) is 0 Å². The first kappa shape index (κ1) is 18.3. The normalized spacial score (nSPS) is 12.4. The fourth-order valence-corrected chi connectivity index (χ4v) is 2.88. The zero-order chi connectivity index (χ0) is 15.5. The predicted molar refractivity (Wildman–Crippen MR) is 92.4 cm³/mol. The van der Waals surface area contributed by atoms with E-state index in [-0.39, 0.29) is 0 Å². The summed E-state index contributed by atoms with van der Waals surface area (Å²) in [6.45, 7) is 5.37. The summed E-state index contributed by atoms with van der Waals surface area (Å²) < 4.78 is 5.49. The number of methoxy groups -OCH3 is 1. The van der Waals surface area contributed by atoms with Gasteiger partial charge in [0.05, 0.1) is 7.11 Å². The van der Waals surface area contributed by atoms with Crippen LogP contribution in [0.2, 0.25) is 5.02 Å². The summed E-state index contributed by atoms with van der Waals surface area (Å²) in [5, 5.41) is 4.30. The molecule has 1 atom stereocenters. The van der Waals surface area contributed by atoms with Crippen molar-refractivity contribution < 1.29 is 4.74 Å². The minimum atomic E-state index is 0.355. The van der Waals surface area contributed by atoms with Crippen molar-refractivity contribution >= 4 is 11.6 Å². The van der Waals surface area contributed by atoms with Gasteiger partial charge in [-0.1, -0.05) is 70.0 Å². The second-order valence-electron chi connectivity index (χ2n) is 5.55. The number of benzene rings is 1. The summed E-state index contributed by atoms with van der Waals surface area (Å²) in [7, 11) is 1.71. The fourth-order valence-electron chi connectivity index (χ4n) is 2.72. The molecule has 3 heteroatoms. The summed E-state index contributed by atoms with van der Waals surface area (Å²) in [6, 6.07) is 6.30. The van der Waals surface area contributed by atoms with Crippen molar-refractivity contribution in [2.45, 2.75) is 64.8 Å². The van der Waals surface area contributed by atoms with Crippen molar-refractivity contribution in [1.29, 1.82) is 0 Å². The summed E-state index contributed by atoms with van der Waals surface area (Å²) >= 11 is 6.05. The van der Waals surface area contributed by atoms with E-state index in [1.807, 2.05) is 12.1 Å². The monoisotopic (exact) mass is 311 g/mol. The first-order chi connectivity index (χ1) is 10.2. The largest absolute Gasteiger partial charge is 0.496 e. The first-order valence-electron chi connectivity index (χ1n) is 8.29. The van der Waals surface area contributed by atoms with Crippen LogP contribution in [0.4, 0.5) is 0 Å². The van der Waals surface area contributed by atoms with E-state index in [2.05, 4.69) is 25.2 Å². The summed E-state index contributed by atoms with van der Waals surface area (Å²) in [4.78, 5) is 0. The molecule has 0 saturated carbocycles. The topological polar surface area (TPSA) is 21.3 Å². The van der Waals surface area contributed by atoms with Crippen LogP contribution in [0.5, 0.6) is 5.75 Å². The van der Waals surface area contributed by atoms with Crippen LogP contribution in [0.3, 0.4) is 0 Å². The molecule has 2 nitrogen and oxygen atoms in total. The Labute approximate surface area is 135 Å². The van der Waals surface area contributed by atoms with E-state index in [1.165, 1.54) is 44.1 Å². The standard InChI is InChI=1S/C18H30ClNO/c1-4-6-7-8-9-10-11-17(20-5-2)16-13-12-15(19)14-18(16)21-3/h12-14,17,20H,4-11H2,1-3H3. The Morgan fingerprint density at radius 1 is 1.10 bits per heavy atom. The minimum absolute atomic E-state index is 0.355. The molecule has 0 radical (unpaired) electrons. The van der Waals surface area contributed by atoms with E-state index in [0.717, 1.165) is 23.7 Å². The molecule has 0 aliphatic carbocycles. The van der Waals surface area contributed by atoms with Gasteiger partial charge in [0, 0.05) is 16.6 Å². The highest BCUT2D eigenvalue weighted by atomic mass is 35.5. The lowest BCUT2D eigenvalue weighted by molar-refractivity contribution is 0.393. The van der Waals surface area contributed by atoms with E-state index >= 15 is 0 Å². The molecular formula is C18H30ClNO. The molecule has 0 saturated heterocycles. The molecule has 120 valence electrons. The van der Waals surface area contributed by atoms with Gasteiger partial charge in [0.1, 0.15) is 5.75 Å². The second-order valence-corrected chi connectivity index (χ2v) is 5.99. The average Bonchev–Trinajstić information content (AvgIpc) is 2.49. The predicted octanol–water partition coefficient (Wildman–Crippen LogP) is 5.75. The van der Waals surface area contributed by atoms with Crippen molar-refractivity contribution in [2.75, 3.05) is 13.7 Å². The molecule has 0 spiro atoms. The molecule has 0 amide bonds. The summed E-state index contributed by atoms with van der Waals surface area (Å²) in [5.41, 5.74) is 1.22. The summed E-state index contributed by atoms with van der Waals surface area (Å²) in [5.74, 6) is 0.888. The number of unbranched alkanes of at least 4 members (excludes halogenated alkanes) is 5. The molecule has 1 aromatic rings. The highest BCUT2D eigenvalue weighted by molar-refractivity contribution is 6.30. The lowest BCUT2D eigenvalue weighted by atomic mass is 9.98. The van der Waals surface area contributed by atoms with Gasteiger partial charge >= 0.3 is 0 Å². The van der Waals surface area contributed by atoms with Crippen molar-refractivity contribution in [1.82, 2.24) is 5.32 Å². The number of rotatable bonds is 11. The van der Waals surface area contributed by atoms with Gasteiger partial charge in [-0.05, 0) is 25.1 Å². The fraction of sp³-hybridized carbons (Fsp3) is 0.667. The zero-order valence-corrected chi connectivity index (χ0v) is 14.5. The van der Waals surface area contributed by atoms with E-state index in [4.69, 9.17) is 16.3 Å². The lowest BCUT2D eigenvalue weighted by Crippen LogP contribution is -2.21. The Kier molecular flexibility index (Phi) is 9.53. The Bertz CT molecular complexity index is 395. The Balaban J connectivity index is 2.56. The number of ether oxygens (including phenoxy) is 1. The van der Waals surface area contributed by atoms with Crippen LogP contribution in [-0.2, 0) is 0 Å². The lowest BCUT2D eigenvalue weighted by Gasteiger charge is -2.21. The molecule has 0 aliphatic heterocycles. The van der Waals surface area contributed by atoms with E-state index < -0.39 is 0 Å². The molecule has 21 heavy (non-hydrogen) atoms. The highest BCUT2D eigenvalue weighted by Crippen LogP contribution is 2.31. The van der Waals surface area contributed by atoms with Crippen molar-refractivity contribution in [3.05, 3.63) is 28.8 Å². The van der Waals surface area contributed by atoms with Crippen LogP contribution in [0.15, 0.2) is 18.2 Å². The maximum Gasteiger partial charge on any atom is 0.125 e. The second kappa shape index (κ2) is 10.9. The molecule has 1 aromatic carbocycles. The van der Waals surface area contributed by atoms with Crippen molar-refractivity contribution in [3.63, 3.8) is 0 Å². The van der Waals surface area contributed by atoms with E-state index in [9.17, 15) is 0 Å². The maximum atomic E-state index is 6.05. The van der Waals surface area contributed by atoms with Gasteiger partial charge in [0.15, 0.2) is 0 Å². The minimum Gasteiger partial charge on any atom is -0.496 e. The highest BCUT2D eigenvalue weighted by Gasteiger charge is 2.15. The summed E-state index contributed by atoms with van der Waals surface area (Å²) in [6.07, 6.45) is 9.11. The maximum absolute atomic E-state index is 6.05. The number of nitrogens with one attached hydrogen (secondary N) is 1. The molecule has 0 bridgehead atoms. The van der Waals surface area contributed by atoms with Gasteiger partial charge in [-0.2, -0.15) is 0 Å². The van der Waals surface area contributed by atoms with Gasteiger partial charge in [-0.25, -0.2) is 0 Å². The van der Waals surface area contributed by atoms with E-state index in [0.29, 0.717) is 6.04 Å². The molecule has 0 aliphatic rings. The molecule has 1 rings (SSSR count). The van der Waals surface area contributed by atoms with Crippen LogP contribution < -0.4 is 10.1 Å². The molecule has 1 unspecified atom stereocenters. The Morgan fingerprint density at radius 2 is 1.81 bits per heavy atom. The molecule has 0 aromatic heterocycles. The molecule has 0 heterocycles. The number of hydrogen-bond donors (Lipinski definition) is 1. The van der Waals surface area contributed by atoms with Crippen molar-refractivity contribution in [2.24, 2.45) is 0 Å². The Hall–Kier alpha value is -0.730. The van der Waals surface area contributed by atoms with Gasteiger partial charge in [0.25, 0.3) is 0 Å². The molecule has 0 fully saturated rings. The Morgan fingerprint density at radius 3 is 2.48 bits per heavy atom. The average molecular weight is 312 g/mol. The first-order valence-corrected chi connectivity index (χ1v) is 8.67. The smallest absolute Gasteiger partial charge is 0.125 e. The van der Waals surface area contributed by atoms with E-state index in [1.54, 1.807) is 7.11 Å². The SMILES string of the molecule is CCCCCCCCC(NCC)c1ccc(Cl)cc1OC. The number of halogens is 1. The van der Waals surface area contributed by atoms with Gasteiger partial charge in [0.2, 0.25) is 0 Å². The van der Waals surface area contributed by atoms with Crippen LogP contribution in [0.25, 0.3) is 0 Å². The third-order valence-electron chi connectivity index (χ3n) is 3.87. The van der Waals surface area contributed by atoms with Crippen molar-refractivity contribution in [3.8, 4) is 5.75 Å². The third-order valence-corrected chi connectivity index (χ3v) is 4.10. The number of hydrogen-bond acceptors (Lipinski definition) is 2. The van der Waals surface area contributed by atoms with Crippen LogP contribution >= 0.6 is 11.6 Å². The van der Waals surface area contributed by atoms with Crippen LogP contribution in [0, 0.1) is 0 Å².